The molecule has 0 fully saturated rings. The van der Waals surface area contributed by atoms with E-state index >= 15 is 0 Å². The Morgan fingerprint density at radius 3 is 1.36 bits per heavy atom. The molecule has 108 valence electrons. The van der Waals surface area contributed by atoms with Gasteiger partial charge in [0.2, 0.25) is 0 Å². The molecule has 3 aromatic carbocycles. The Hall–Kier alpha value is -1.90. The highest BCUT2D eigenvalue weighted by molar-refractivity contribution is 7.39. The molecule has 0 aliphatic heterocycles. The van der Waals surface area contributed by atoms with Crippen LogP contribution in [0.3, 0.4) is 0 Å². The molecule has 1 nitrogen and oxygen atoms in total. The molecule has 0 heterocycles. The zero-order chi connectivity index (χ0) is 15.4. The normalized spacial score (nSPS) is 10.3. The largest absolute Gasteiger partial charge is 0.382 e. The van der Waals surface area contributed by atoms with Gasteiger partial charge < -0.3 is 4.90 Å². The van der Waals surface area contributed by atoms with Gasteiger partial charge in [-0.3, -0.25) is 0 Å². The number of nitrogens with zero attached hydrogens (tertiary/aromatic N) is 1. The summed E-state index contributed by atoms with van der Waals surface area (Å²) in [5.74, 6) is 0. The Balaban J connectivity index is 2.06. The SMILES string of the molecule is ClB(Cl)c1ccc(N(c2ccccc2)c2ccccc2)cc1. The average molecular weight is 326 g/mol. The monoisotopic (exact) mass is 325 g/mol. The Morgan fingerprint density at radius 1 is 0.545 bits per heavy atom. The lowest BCUT2D eigenvalue weighted by Crippen LogP contribution is -2.18. The third-order valence-electron chi connectivity index (χ3n) is 3.43. The summed E-state index contributed by atoms with van der Waals surface area (Å²) in [4.78, 5) is 2.20. The molecule has 3 aromatic rings. The van der Waals surface area contributed by atoms with Crippen LogP contribution in [0.2, 0.25) is 0 Å². The van der Waals surface area contributed by atoms with Crippen molar-refractivity contribution >= 4 is 51.0 Å². The molecule has 0 unspecified atom stereocenters. The molecule has 0 spiro atoms. The molecule has 3 rings (SSSR count). The van der Waals surface area contributed by atoms with E-state index in [4.69, 9.17) is 22.9 Å². The molecule has 4 heteroatoms. The lowest BCUT2D eigenvalue weighted by Gasteiger charge is -2.25. The topological polar surface area (TPSA) is 3.24 Å². The molecular weight excluding hydrogens is 312 g/mol. The number of halogens is 2. The number of rotatable bonds is 4. The van der Waals surface area contributed by atoms with E-state index in [1.807, 2.05) is 60.7 Å². The van der Waals surface area contributed by atoms with Crippen LogP contribution >= 0.6 is 22.9 Å². The molecule has 0 aliphatic carbocycles. The molecule has 22 heavy (non-hydrogen) atoms. The first-order chi connectivity index (χ1) is 10.8. The van der Waals surface area contributed by atoms with Gasteiger partial charge in [-0.15, -0.1) is 0 Å². The van der Waals surface area contributed by atoms with Gasteiger partial charge in [0.25, 0.3) is 0 Å². The van der Waals surface area contributed by atoms with E-state index in [1.165, 1.54) is 0 Å². The second kappa shape index (κ2) is 6.91. The van der Waals surface area contributed by atoms with Crippen LogP contribution in [-0.4, -0.2) is 5.54 Å². The molecule has 0 bridgehead atoms. The highest BCUT2D eigenvalue weighted by atomic mass is 35.5. The predicted molar refractivity (Wildman–Crippen MR) is 98.2 cm³/mol. The van der Waals surface area contributed by atoms with Crippen molar-refractivity contribution in [2.45, 2.75) is 0 Å². The average Bonchev–Trinajstić information content (AvgIpc) is 2.57. The summed E-state index contributed by atoms with van der Waals surface area (Å²) in [6, 6.07) is 28.5. The molecular formula is C18H14BCl2N. The minimum absolute atomic E-state index is 0.504. The standard InChI is InChI=1S/C18H14BCl2N/c20-19(21)15-11-13-18(14-12-15)22(16-7-3-1-4-8-16)17-9-5-2-6-10-17/h1-14H. The maximum atomic E-state index is 5.92. The zero-order valence-electron chi connectivity index (χ0n) is 11.9. The molecule has 0 aliphatic rings. The smallest absolute Gasteiger partial charge is 0.311 e. The van der Waals surface area contributed by atoms with Crippen LogP contribution < -0.4 is 10.4 Å². The summed E-state index contributed by atoms with van der Waals surface area (Å²) < 4.78 is 0. The van der Waals surface area contributed by atoms with Gasteiger partial charge in [0.15, 0.2) is 0 Å². The van der Waals surface area contributed by atoms with Gasteiger partial charge in [0, 0.05) is 17.1 Å². The van der Waals surface area contributed by atoms with E-state index < -0.39 is 5.54 Å². The number of benzene rings is 3. The molecule has 0 atom stereocenters. The van der Waals surface area contributed by atoms with E-state index in [0.29, 0.717) is 0 Å². The molecule has 0 amide bonds. The summed E-state index contributed by atoms with van der Waals surface area (Å²) in [5.41, 5.74) is 3.67. The summed E-state index contributed by atoms with van der Waals surface area (Å²) >= 11 is 11.8. The van der Waals surface area contributed by atoms with E-state index in [1.54, 1.807) is 0 Å². The van der Waals surface area contributed by atoms with E-state index in [2.05, 4.69) is 29.2 Å². The van der Waals surface area contributed by atoms with Crippen molar-refractivity contribution in [3.63, 3.8) is 0 Å². The summed E-state index contributed by atoms with van der Waals surface area (Å²) in [6.45, 7) is 0. The van der Waals surface area contributed by atoms with Gasteiger partial charge in [0.05, 0.1) is 0 Å². The predicted octanol–water partition coefficient (Wildman–Crippen LogP) is 5.33. The van der Waals surface area contributed by atoms with Gasteiger partial charge in [-0.2, -0.15) is 22.9 Å². The van der Waals surface area contributed by atoms with Gasteiger partial charge in [-0.1, -0.05) is 48.5 Å². The third-order valence-corrected chi connectivity index (χ3v) is 3.94. The minimum Gasteiger partial charge on any atom is -0.311 e. The fourth-order valence-corrected chi connectivity index (χ4v) is 2.66. The Morgan fingerprint density at radius 2 is 0.955 bits per heavy atom. The van der Waals surface area contributed by atoms with Gasteiger partial charge in [-0.25, -0.2) is 0 Å². The van der Waals surface area contributed by atoms with Gasteiger partial charge in [-0.05, 0) is 41.9 Å². The van der Waals surface area contributed by atoms with Gasteiger partial charge >= 0.3 is 5.54 Å². The fourth-order valence-electron chi connectivity index (χ4n) is 2.37. The number of hydrogen-bond acceptors (Lipinski definition) is 1. The van der Waals surface area contributed by atoms with Gasteiger partial charge in [0.1, 0.15) is 0 Å². The van der Waals surface area contributed by atoms with Crippen LogP contribution in [0.15, 0.2) is 84.9 Å². The molecule has 0 aromatic heterocycles. The van der Waals surface area contributed by atoms with Crippen molar-refractivity contribution in [1.82, 2.24) is 0 Å². The Bertz CT molecular complexity index is 676. The highest BCUT2D eigenvalue weighted by Crippen LogP contribution is 2.33. The summed E-state index contributed by atoms with van der Waals surface area (Å²) in [6.07, 6.45) is 0. The van der Waals surface area contributed by atoms with E-state index in [-0.39, 0.29) is 0 Å². The van der Waals surface area contributed by atoms with Crippen LogP contribution in [0.5, 0.6) is 0 Å². The highest BCUT2D eigenvalue weighted by Gasteiger charge is 2.13. The number of para-hydroxylation sites is 2. The third kappa shape index (κ3) is 3.29. The lowest BCUT2D eigenvalue weighted by molar-refractivity contribution is 1.29. The first-order valence-electron chi connectivity index (χ1n) is 7.04. The first-order valence-corrected chi connectivity index (χ1v) is 7.91. The maximum Gasteiger partial charge on any atom is 0.382 e. The summed E-state index contributed by atoms with van der Waals surface area (Å²) in [5, 5.41) is 0. The molecule has 0 radical (unpaired) electrons. The van der Waals surface area contributed by atoms with Crippen LogP contribution in [0.1, 0.15) is 0 Å². The number of hydrogen-bond donors (Lipinski definition) is 0. The zero-order valence-corrected chi connectivity index (χ0v) is 13.4. The fraction of sp³-hybridized carbons (Fsp3) is 0. The molecule has 0 N–H and O–H groups in total. The quantitative estimate of drug-likeness (QED) is 0.586. The second-order valence-corrected chi connectivity index (χ2v) is 6.00. The number of anilines is 3. The Labute approximate surface area is 141 Å². The van der Waals surface area contributed by atoms with Crippen molar-refractivity contribution < 1.29 is 0 Å². The van der Waals surface area contributed by atoms with Crippen molar-refractivity contribution in [3.8, 4) is 0 Å². The molecule has 0 saturated heterocycles. The van der Waals surface area contributed by atoms with E-state index in [0.717, 1.165) is 22.5 Å². The van der Waals surface area contributed by atoms with E-state index in [9.17, 15) is 0 Å². The van der Waals surface area contributed by atoms with Crippen LogP contribution in [-0.2, 0) is 0 Å². The van der Waals surface area contributed by atoms with Crippen molar-refractivity contribution in [2.24, 2.45) is 0 Å². The van der Waals surface area contributed by atoms with Crippen molar-refractivity contribution in [2.75, 3.05) is 4.90 Å². The van der Waals surface area contributed by atoms with Crippen LogP contribution in [0, 0.1) is 0 Å². The van der Waals surface area contributed by atoms with Crippen LogP contribution in [0.4, 0.5) is 17.1 Å². The van der Waals surface area contributed by atoms with Crippen LogP contribution in [0.25, 0.3) is 0 Å². The summed E-state index contributed by atoms with van der Waals surface area (Å²) in [7, 11) is 0. The van der Waals surface area contributed by atoms with Crippen molar-refractivity contribution in [1.29, 1.82) is 0 Å². The molecule has 0 saturated carbocycles. The lowest BCUT2D eigenvalue weighted by atomic mass is 9.93. The van der Waals surface area contributed by atoms with Crippen molar-refractivity contribution in [3.05, 3.63) is 84.9 Å². The first kappa shape index (κ1) is 15.0. The maximum absolute atomic E-state index is 5.92. The minimum atomic E-state index is -0.504. The Kier molecular flexibility index (Phi) is 4.72. The second-order valence-electron chi connectivity index (χ2n) is 4.90.